The predicted octanol–water partition coefficient (Wildman–Crippen LogP) is 4.01. The van der Waals surface area contributed by atoms with E-state index in [1.807, 2.05) is 6.20 Å². The predicted molar refractivity (Wildman–Crippen MR) is 86.1 cm³/mol. The fourth-order valence-electron chi connectivity index (χ4n) is 2.98. The van der Waals surface area contributed by atoms with Gasteiger partial charge in [0.2, 0.25) is 0 Å². The molecule has 1 saturated heterocycles. The van der Waals surface area contributed by atoms with Gasteiger partial charge in [-0.2, -0.15) is 0 Å². The van der Waals surface area contributed by atoms with Gasteiger partial charge in [0.25, 0.3) is 0 Å². The molecule has 0 spiro atoms. The van der Waals surface area contributed by atoms with Crippen LogP contribution in [0.5, 0.6) is 0 Å². The van der Waals surface area contributed by atoms with Crippen molar-refractivity contribution < 1.29 is 0 Å². The Morgan fingerprint density at radius 1 is 1.10 bits per heavy atom. The molecule has 2 heterocycles. The van der Waals surface area contributed by atoms with E-state index >= 15 is 0 Å². The minimum atomic E-state index is 0.507. The highest BCUT2D eigenvalue weighted by atomic mass is 79.9. The number of nitrogens with zero attached hydrogens (tertiary/aromatic N) is 1. The maximum Gasteiger partial charge on any atom is 0.0442 e. The molecule has 20 heavy (non-hydrogen) atoms. The number of benzene rings is 1. The van der Waals surface area contributed by atoms with Crippen molar-refractivity contribution in [2.24, 2.45) is 0 Å². The fraction of sp³-hybridized carbons (Fsp3) is 0.353. The van der Waals surface area contributed by atoms with Gasteiger partial charge in [-0.25, -0.2) is 0 Å². The third-order valence-corrected chi connectivity index (χ3v) is 4.59. The Morgan fingerprint density at radius 2 is 1.90 bits per heavy atom. The van der Waals surface area contributed by atoms with Crippen molar-refractivity contribution in [1.82, 2.24) is 10.3 Å². The smallest absolute Gasteiger partial charge is 0.0442 e. The molecule has 1 aliphatic heterocycles. The summed E-state index contributed by atoms with van der Waals surface area (Å²) in [5, 5.41) is 3.52. The second-order valence-corrected chi connectivity index (χ2v) is 6.43. The lowest BCUT2D eigenvalue weighted by Gasteiger charge is -2.32. The lowest BCUT2D eigenvalue weighted by atomic mass is 9.79. The molecule has 3 heteroatoms. The lowest BCUT2D eigenvalue weighted by Crippen LogP contribution is -2.34. The molecule has 1 N–H and O–H groups in total. The number of nitrogens with one attached hydrogen (secondary N) is 1. The van der Waals surface area contributed by atoms with Crippen LogP contribution in [-0.4, -0.2) is 18.1 Å². The quantitative estimate of drug-likeness (QED) is 0.899. The minimum Gasteiger partial charge on any atom is -0.316 e. The van der Waals surface area contributed by atoms with E-state index in [1.165, 1.54) is 16.8 Å². The van der Waals surface area contributed by atoms with Crippen molar-refractivity contribution in [2.45, 2.75) is 25.2 Å². The summed E-state index contributed by atoms with van der Waals surface area (Å²) in [5.74, 6) is 1.02. The molecular formula is C17H19BrN2. The maximum absolute atomic E-state index is 4.62. The number of piperidine rings is 1. The monoisotopic (exact) mass is 330 g/mol. The van der Waals surface area contributed by atoms with Crippen molar-refractivity contribution in [1.29, 1.82) is 0 Å². The Kier molecular flexibility index (Phi) is 4.18. The number of halogens is 1. The van der Waals surface area contributed by atoms with Gasteiger partial charge in [-0.1, -0.05) is 29.8 Å². The molecule has 0 bridgehead atoms. The van der Waals surface area contributed by atoms with Gasteiger partial charge in [0.1, 0.15) is 0 Å². The molecule has 1 aromatic carbocycles. The van der Waals surface area contributed by atoms with Crippen LogP contribution in [0.3, 0.4) is 0 Å². The summed E-state index contributed by atoms with van der Waals surface area (Å²) in [7, 11) is 0. The average molecular weight is 331 g/mol. The highest BCUT2D eigenvalue weighted by molar-refractivity contribution is 9.10. The zero-order valence-corrected chi connectivity index (χ0v) is 13.2. The molecule has 0 radical (unpaired) electrons. The van der Waals surface area contributed by atoms with Crippen molar-refractivity contribution in [3.8, 4) is 0 Å². The summed E-state index contributed by atoms with van der Waals surface area (Å²) in [5.41, 5.74) is 3.94. The molecule has 2 aromatic rings. The second-order valence-electron chi connectivity index (χ2n) is 5.52. The molecule has 0 amide bonds. The maximum atomic E-state index is 4.62. The van der Waals surface area contributed by atoms with Crippen LogP contribution >= 0.6 is 15.9 Å². The standard InChI is InChI=1S/C17H19BrN2/c1-12-2-4-13(5-3-12)16-11-19-9-8-15(16)17-7-6-14(18)10-20-17/h2-7,10,15-16,19H,8-9,11H2,1H3. The van der Waals surface area contributed by atoms with E-state index in [1.54, 1.807) is 0 Å². The van der Waals surface area contributed by atoms with Gasteiger partial charge in [-0.05, 0) is 53.5 Å². The first-order chi connectivity index (χ1) is 9.74. The first-order valence-electron chi connectivity index (χ1n) is 7.13. The van der Waals surface area contributed by atoms with Crippen molar-refractivity contribution >= 4 is 15.9 Å². The van der Waals surface area contributed by atoms with Gasteiger partial charge in [0.05, 0.1) is 0 Å². The molecule has 1 aliphatic rings. The highest BCUT2D eigenvalue weighted by Gasteiger charge is 2.28. The number of pyridine rings is 1. The summed E-state index contributed by atoms with van der Waals surface area (Å²) >= 11 is 3.46. The van der Waals surface area contributed by atoms with Crippen LogP contribution < -0.4 is 5.32 Å². The topological polar surface area (TPSA) is 24.9 Å². The highest BCUT2D eigenvalue weighted by Crippen LogP contribution is 2.36. The van der Waals surface area contributed by atoms with E-state index in [0.717, 1.165) is 24.0 Å². The van der Waals surface area contributed by atoms with Gasteiger partial charge in [-0.3, -0.25) is 4.98 Å². The van der Waals surface area contributed by atoms with E-state index in [4.69, 9.17) is 0 Å². The molecule has 0 aliphatic carbocycles. The summed E-state index contributed by atoms with van der Waals surface area (Å²) in [6.07, 6.45) is 3.05. The molecule has 3 rings (SSSR count). The van der Waals surface area contributed by atoms with Gasteiger partial charge in [0.15, 0.2) is 0 Å². The third-order valence-electron chi connectivity index (χ3n) is 4.12. The fourth-order valence-corrected chi connectivity index (χ4v) is 3.22. The summed E-state index contributed by atoms with van der Waals surface area (Å²) < 4.78 is 1.04. The zero-order chi connectivity index (χ0) is 13.9. The van der Waals surface area contributed by atoms with E-state index < -0.39 is 0 Å². The first-order valence-corrected chi connectivity index (χ1v) is 7.92. The van der Waals surface area contributed by atoms with Crippen molar-refractivity contribution in [3.63, 3.8) is 0 Å². The Bertz CT molecular complexity index is 509. The molecular weight excluding hydrogens is 312 g/mol. The van der Waals surface area contributed by atoms with Gasteiger partial charge in [-0.15, -0.1) is 0 Å². The van der Waals surface area contributed by atoms with Crippen LogP contribution in [0.15, 0.2) is 47.1 Å². The van der Waals surface area contributed by atoms with Crippen LogP contribution in [-0.2, 0) is 0 Å². The number of rotatable bonds is 2. The Hall–Kier alpha value is -1.19. The number of aryl methyl sites for hydroxylation is 1. The van der Waals surface area contributed by atoms with Crippen molar-refractivity contribution in [3.05, 3.63) is 63.9 Å². The van der Waals surface area contributed by atoms with E-state index in [2.05, 4.69) is 69.6 Å². The lowest BCUT2D eigenvalue weighted by molar-refractivity contribution is 0.398. The summed E-state index contributed by atoms with van der Waals surface area (Å²) in [4.78, 5) is 4.62. The SMILES string of the molecule is Cc1ccc(C2CNCCC2c2ccc(Br)cn2)cc1. The Morgan fingerprint density at radius 3 is 2.60 bits per heavy atom. The van der Waals surface area contributed by atoms with Gasteiger partial charge in [0, 0.05) is 34.7 Å². The summed E-state index contributed by atoms with van der Waals surface area (Å²) in [6, 6.07) is 13.2. The molecule has 2 nitrogen and oxygen atoms in total. The van der Waals surface area contributed by atoms with Crippen LogP contribution in [0.4, 0.5) is 0 Å². The average Bonchev–Trinajstić information content (AvgIpc) is 2.49. The van der Waals surface area contributed by atoms with Crippen LogP contribution in [0.1, 0.15) is 35.1 Å². The second kappa shape index (κ2) is 6.06. The van der Waals surface area contributed by atoms with Gasteiger partial charge >= 0.3 is 0 Å². The minimum absolute atomic E-state index is 0.507. The van der Waals surface area contributed by atoms with Crippen LogP contribution in [0.2, 0.25) is 0 Å². The van der Waals surface area contributed by atoms with Crippen LogP contribution in [0.25, 0.3) is 0 Å². The molecule has 1 aromatic heterocycles. The van der Waals surface area contributed by atoms with E-state index in [0.29, 0.717) is 11.8 Å². The van der Waals surface area contributed by atoms with Crippen molar-refractivity contribution in [2.75, 3.05) is 13.1 Å². The molecule has 2 atom stereocenters. The normalized spacial score (nSPS) is 22.7. The molecule has 0 saturated carbocycles. The Labute approximate surface area is 128 Å². The summed E-state index contributed by atoms with van der Waals surface area (Å²) in [6.45, 7) is 4.24. The molecule has 104 valence electrons. The Balaban J connectivity index is 1.90. The number of hydrogen-bond donors (Lipinski definition) is 1. The first kappa shape index (κ1) is 13.8. The van der Waals surface area contributed by atoms with Crippen LogP contribution in [0, 0.1) is 6.92 Å². The van der Waals surface area contributed by atoms with E-state index in [-0.39, 0.29) is 0 Å². The zero-order valence-electron chi connectivity index (χ0n) is 11.6. The van der Waals surface area contributed by atoms with Gasteiger partial charge < -0.3 is 5.32 Å². The third kappa shape index (κ3) is 2.94. The van der Waals surface area contributed by atoms with E-state index in [9.17, 15) is 0 Å². The molecule has 1 fully saturated rings. The molecule has 2 unspecified atom stereocenters. The number of aromatic nitrogens is 1. The largest absolute Gasteiger partial charge is 0.316 e. The number of hydrogen-bond acceptors (Lipinski definition) is 2.